The number of anilines is 1. The Hall–Kier alpha value is -1.66. The first-order chi connectivity index (χ1) is 7.50. The molecular weight excluding hydrogens is 212 g/mol. The Morgan fingerprint density at radius 2 is 2.06 bits per heavy atom. The van der Waals surface area contributed by atoms with Crippen LogP contribution in [0.25, 0.3) is 0 Å². The highest BCUT2D eigenvalue weighted by Gasteiger charge is 2.21. The standard InChI is InChI=1S/C10H14N2O4/c1-10(5-13,6-14)12-7-2-3-8(9(15)16)11-4-7/h2-4,12-14H,5-6H2,1H3,(H,15,16). The van der Waals surface area contributed by atoms with Crippen molar-refractivity contribution in [2.75, 3.05) is 18.5 Å². The van der Waals surface area contributed by atoms with Gasteiger partial charge >= 0.3 is 5.97 Å². The van der Waals surface area contributed by atoms with Gasteiger partial charge in [0, 0.05) is 0 Å². The summed E-state index contributed by atoms with van der Waals surface area (Å²) in [6, 6.07) is 2.87. The molecule has 0 aromatic carbocycles. The lowest BCUT2D eigenvalue weighted by Crippen LogP contribution is -2.42. The first-order valence-electron chi connectivity index (χ1n) is 4.70. The largest absolute Gasteiger partial charge is 0.477 e. The fourth-order valence-corrected chi connectivity index (χ4v) is 1.07. The number of carboxylic acids is 1. The molecule has 0 radical (unpaired) electrons. The molecule has 0 bridgehead atoms. The van der Waals surface area contributed by atoms with E-state index < -0.39 is 11.5 Å². The smallest absolute Gasteiger partial charge is 0.354 e. The number of carbonyl (C=O) groups is 1. The first-order valence-corrected chi connectivity index (χ1v) is 4.70. The van der Waals surface area contributed by atoms with E-state index in [9.17, 15) is 4.79 Å². The number of carboxylic acid groups (broad SMARTS) is 1. The van der Waals surface area contributed by atoms with Gasteiger partial charge in [-0.1, -0.05) is 0 Å². The summed E-state index contributed by atoms with van der Waals surface area (Å²) < 4.78 is 0. The second-order valence-electron chi connectivity index (χ2n) is 3.74. The summed E-state index contributed by atoms with van der Waals surface area (Å²) in [5.74, 6) is -1.10. The maximum Gasteiger partial charge on any atom is 0.354 e. The first kappa shape index (κ1) is 12.4. The van der Waals surface area contributed by atoms with Gasteiger partial charge in [0.15, 0.2) is 0 Å². The fraction of sp³-hybridized carbons (Fsp3) is 0.400. The van der Waals surface area contributed by atoms with Crippen LogP contribution in [0.4, 0.5) is 5.69 Å². The number of rotatable bonds is 5. The number of nitrogens with one attached hydrogen (secondary N) is 1. The number of aliphatic hydroxyl groups excluding tert-OH is 2. The van der Waals surface area contributed by atoms with Crippen molar-refractivity contribution in [3.63, 3.8) is 0 Å². The van der Waals surface area contributed by atoms with Gasteiger partial charge in [0.25, 0.3) is 0 Å². The van der Waals surface area contributed by atoms with Crippen molar-refractivity contribution in [2.45, 2.75) is 12.5 Å². The van der Waals surface area contributed by atoms with E-state index in [1.54, 1.807) is 6.92 Å². The summed E-state index contributed by atoms with van der Waals surface area (Å²) in [5.41, 5.74) is -0.372. The number of aromatic carboxylic acids is 1. The topological polar surface area (TPSA) is 103 Å². The monoisotopic (exact) mass is 226 g/mol. The van der Waals surface area contributed by atoms with Gasteiger partial charge in [-0.15, -0.1) is 0 Å². The molecule has 1 rings (SSSR count). The van der Waals surface area contributed by atoms with Crippen LogP contribution in [-0.2, 0) is 0 Å². The van der Waals surface area contributed by atoms with Crippen molar-refractivity contribution in [1.82, 2.24) is 4.98 Å². The van der Waals surface area contributed by atoms with E-state index in [0.29, 0.717) is 5.69 Å². The van der Waals surface area contributed by atoms with Gasteiger partial charge < -0.3 is 20.6 Å². The average Bonchev–Trinajstić information content (AvgIpc) is 2.29. The van der Waals surface area contributed by atoms with Crippen molar-refractivity contribution in [2.24, 2.45) is 0 Å². The van der Waals surface area contributed by atoms with Crippen LogP contribution in [0.15, 0.2) is 18.3 Å². The van der Waals surface area contributed by atoms with Crippen LogP contribution in [-0.4, -0.2) is 45.0 Å². The summed E-state index contributed by atoms with van der Waals surface area (Å²) in [5, 5.41) is 29.6. The summed E-state index contributed by atoms with van der Waals surface area (Å²) in [6.45, 7) is 1.15. The molecule has 0 aliphatic carbocycles. The zero-order valence-corrected chi connectivity index (χ0v) is 8.84. The highest BCUT2D eigenvalue weighted by atomic mass is 16.4. The Morgan fingerprint density at radius 1 is 1.44 bits per heavy atom. The zero-order valence-electron chi connectivity index (χ0n) is 8.84. The summed E-state index contributed by atoms with van der Waals surface area (Å²) in [6.07, 6.45) is 1.34. The van der Waals surface area contributed by atoms with Crippen LogP contribution in [0.1, 0.15) is 17.4 Å². The molecule has 16 heavy (non-hydrogen) atoms. The van der Waals surface area contributed by atoms with Crippen LogP contribution in [0, 0.1) is 0 Å². The van der Waals surface area contributed by atoms with Crippen LogP contribution in [0.3, 0.4) is 0 Å². The minimum absolute atomic E-state index is 0.0553. The predicted octanol–water partition coefficient (Wildman–Crippen LogP) is -0.0650. The third kappa shape index (κ3) is 2.91. The molecule has 0 aliphatic heterocycles. The molecule has 0 spiro atoms. The molecule has 1 aromatic heterocycles. The van der Waals surface area contributed by atoms with Crippen molar-refractivity contribution in [3.05, 3.63) is 24.0 Å². The van der Waals surface area contributed by atoms with Crippen LogP contribution >= 0.6 is 0 Å². The third-order valence-corrected chi connectivity index (χ3v) is 2.13. The number of pyridine rings is 1. The Bertz CT molecular complexity index is 360. The molecule has 88 valence electrons. The van der Waals surface area contributed by atoms with Gasteiger partial charge in [0.1, 0.15) is 5.69 Å². The second kappa shape index (κ2) is 4.91. The molecule has 1 heterocycles. The van der Waals surface area contributed by atoms with Crippen molar-refractivity contribution < 1.29 is 20.1 Å². The van der Waals surface area contributed by atoms with Gasteiger partial charge in [-0.2, -0.15) is 0 Å². The van der Waals surface area contributed by atoms with E-state index in [4.69, 9.17) is 15.3 Å². The summed E-state index contributed by atoms with van der Waals surface area (Å²) >= 11 is 0. The zero-order chi connectivity index (χ0) is 12.2. The molecule has 0 atom stereocenters. The number of hydrogen-bond acceptors (Lipinski definition) is 5. The SMILES string of the molecule is CC(CO)(CO)Nc1ccc(C(=O)O)nc1. The van der Waals surface area contributed by atoms with E-state index >= 15 is 0 Å². The van der Waals surface area contributed by atoms with E-state index in [2.05, 4.69) is 10.3 Å². The summed E-state index contributed by atoms with van der Waals surface area (Å²) in [4.78, 5) is 14.3. The van der Waals surface area contributed by atoms with E-state index in [0.717, 1.165) is 0 Å². The molecule has 0 saturated heterocycles. The van der Waals surface area contributed by atoms with Crippen molar-refractivity contribution in [3.8, 4) is 0 Å². The Labute approximate surface area is 92.6 Å². The van der Waals surface area contributed by atoms with Gasteiger partial charge in [0.2, 0.25) is 0 Å². The summed E-state index contributed by atoms with van der Waals surface area (Å²) in [7, 11) is 0. The number of hydrogen-bond donors (Lipinski definition) is 4. The molecule has 0 amide bonds. The molecule has 4 N–H and O–H groups in total. The molecule has 6 heteroatoms. The maximum atomic E-state index is 10.5. The minimum Gasteiger partial charge on any atom is -0.477 e. The van der Waals surface area contributed by atoms with Gasteiger partial charge in [0.05, 0.1) is 30.6 Å². The van der Waals surface area contributed by atoms with Gasteiger partial charge in [-0.25, -0.2) is 9.78 Å². The molecule has 0 fully saturated rings. The molecule has 6 nitrogen and oxygen atoms in total. The molecule has 0 saturated carbocycles. The Kier molecular flexibility index (Phi) is 3.81. The second-order valence-corrected chi connectivity index (χ2v) is 3.74. The number of nitrogens with zero attached hydrogens (tertiary/aromatic N) is 1. The fourth-order valence-electron chi connectivity index (χ4n) is 1.07. The van der Waals surface area contributed by atoms with Crippen LogP contribution < -0.4 is 5.32 Å². The van der Waals surface area contributed by atoms with Crippen LogP contribution in [0.5, 0.6) is 0 Å². The van der Waals surface area contributed by atoms with Gasteiger partial charge in [-0.3, -0.25) is 0 Å². The normalized spacial score (nSPS) is 11.2. The molecule has 0 aliphatic rings. The molecule has 1 aromatic rings. The highest BCUT2D eigenvalue weighted by molar-refractivity contribution is 5.85. The van der Waals surface area contributed by atoms with Gasteiger partial charge in [-0.05, 0) is 19.1 Å². The predicted molar refractivity (Wildman–Crippen MR) is 57.4 cm³/mol. The Balaban J connectivity index is 2.79. The lowest BCUT2D eigenvalue weighted by Gasteiger charge is -2.27. The maximum absolute atomic E-state index is 10.5. The highest BCUT2D eigenvalue weighted by Crippen LogP contribution is 2.14. The third-order valence-electron chi connectivity index (χ3n) is 2.13. The van der Waals surface area contributed by atoms with Crippen molar-refractivity contribution in [1.29, 1.82) is 0 Å². The molecule has 0 unspecified atom stereocenters. The average molecular weight is 226 g/mol. The lowest BCUT2D eigenvalue weighted by atomic mass is 10.1. The van der Waals surface area contributed by atoms with Crippen molar-refractivity contribution >= 4 is 11.7 Å². The van der Waals surface area contributed by atoms with E-state index in [1.807, 2.05) is 0 Å². The minimum atomic E-state index is -1.10. The molecular formula is C10H14N2O4. The number of aliphatic hydroxyl groups is 2. The lowest BCUT2D eigenvalue weighted by molar-refractivity contribution is 0.0690. The Morgan fingerprint density at radius 3 is 2.44 bits per heavy atom. The quantitative estimate of drug-likeness (QED) is 0.560. The number of aromatic nitrogens is 1. The van der Waals surface area contributed by atoms with Crippen LogP contribution in [0.2, 0.25) is 0 Å². The van der Waals surface area contributed by atoms with E-state index in [1.165, 1.54) is 18.3 Å². The van der Waals surface area contributed by atoms with E-state index in [-0.39, 0.29) is 18.9 Å².